The Morgan fingerprint density at radius 1 is 1.25 bits per heavy atom. The normalized spacial score (nSPS) is 31.1. The Kier molecular flexibility index (Phi) is 4.20. The summed E-state index contributed by atoms with van der Waals surface area (Å²) in [7, 11) is 0. The summed E-state index contributed by atoms with van der Waals surface area (Å²) in [5, 5.41) is 9.16. The summed E-state index contributed by atoms with van der Waals surface area (Å²) in [6, 6.07) is 0.128. The SMILES string of the molecule is CC(O)(CO[C@H]1CC[C@H](N)CC1)C(F)(F)F. The molecule has 0 aromatic heterocycles. The van der Waals surface area contributed by atoms with E-state index in [2.05, 4.69) is 0 Å². The molecule has 0 spiro atoms. The molecule has 1 atom stereocenters. The van der Waals surface area contributed by atoms with Crippen molar-refractivity contribution < 1.29 is 23.0 Å². The lowest BCUT2D eigenvalue weighted by atomic mass is 9.93. The van der Waals surface area contributed by atoms with Gasteiger partial charge in [-0.1, -0.05) is 0 Å². The Bertz CT molecular complexity index is 223. The summed E-state index contributed by atoms with van der Waals surface area (Å²) >= 11 is 0. The van der Waals surface area contributed by atoms with Gasteiger partial charge in [-0.25, -0.2) is 0 Å². The molecule has 0 radical (unpaired) electrons. The lowest BCUT2D eigenvalue weighted by Crippen LogP contribution is -2.47. The molecule has 1 unspecified atom stereocenters. The fraction of sp³-hybridized carbons (Fsp3) is 1.00. The topological polar surface area (TPSA) is 55.5 Å². The number of hydrogen-bond donors (Lipinski definition) is 2. The van der Waals surface area contributed by atoms with Gasteiger partial charge in [-0.2, -0.15) is 13.2 Å². The first-order valence-electron chi connectivity index (χ1n) is 5.38. The minimum Gasteiger partial charge on any atom is -0.379 e. The van der Waals surface area contributed by atoms with Crippen LogP contribution in [0.25, 0.3) is 0 Å². The minimum absolute atomic E-state index is 0.128. The van der Waals surface area contributed by atoms with E-state index >= 15 is 0 Å². The average Bonchev–Trinajstić information content (AvgIpc) is 2.15. The molecule has 0 saturated heterocycles. The summed E-state index contributed by atoms with van der Waals surface area (Å²) < 4.78 is 42.0. The van der Waals surface area contributed by atoms with Crippen molar-refractivity contribution in [3.63, 3.8) is 0 Å². The van der Waals surface area contributed by atoms with Crippen molar-refractivity contribution in [3.8, 4) is 0 Å². The van der Waals surface area contributed by atoms with Gasteiger partial charge in [-0.15, -0.1) is 0 Å². The predicted octanol–water partition coefficient (Wildman–Crippen LogP) is 1.59. The molecule has 0 heterocycles. The van der Waals surface area contributed by atoms with Crippen LogP contribution in [-0.2, 0) is 4.74 Å². The van der Waals surface area contributed by atoms with E-state index in [1.165, 1.54) is 0 Å². The van der Waals surface area contributed by atoms with Crippen LogP contribution in [0, 0.1) is 0 Å². The van der Waals surface area contributed by atoms with Crippen LogP contribution in [0.5, 0.6) is 0 Å². The third-order valence-electron chi connectivity index (χ3n) is 2.93. The van der Waals surface area contributed by atoms with Crippen molar-refractivity contribution in [2.75, 3.05) is 6.61 Å². The summed E-state index contributed by atoms with van der Waals surface area (Å²) in [6.45, 7) is 0.0119. The first kappa shape index (κ1) is 13.7. The molecule has 6 heteroatoms. The van der Waals surface area contributed by atoms with E-state index < -0.39 is 18.4 Å². The van der Waals surface area contributed by atoms with Gasteiger partial charge in [0.2, 0.25) is 0 Å². The molecule has 3 N–H and O–H groups in total. The highest BCUT2D eigenvalue weighted by Crippen LogP contribution is 2.31. The van der Waals surface area contributed by atoms with Gasteiger partial charge in [0.1, 0.15) is 0 Å². The van der Waals surface area contributed by atoms with Crippen LogP contribution in [0.2, 0.25) is 0 Å². The van der Waals surface area contributed by atoms with Crippen LogP contribution in [0.15, 0.2) is 0 Å². The lowest BCUT2D eigenvalue weighted by molar-refractivity contribution is -0.271. The predicted molar refractivity (Wildman–Crippen MR) is 52.9 cm³/mol. The van der Waals surface area contributed by atoms with E-state index in [4.69, 9.17) is 15.6 Å². The molecule has 0 bridgehead atoms. The van der Waals surface area contributed by atoms with Gasteiger partial charge < -0.3 is 15.6 Å². The maximum absolute atomic E-state index is 12.3. The Balaban J connectivity index is 2.34. The summed E-state index contributed by atoms with van der Waals surface area (Å²) in [4.78, 5) is 0. The van der Waals surface area contributed by atoms with E-state index in [0.29, 0.717) is 12.8 Å². The molecule has 1 aliphatic rings. The monoisotopic (exact) mass is 241 g/mol. The van der Waals surface area contributed by atoms with Gasteiger partial charge in [-0.05, 0) is 32.6 Å². The molecule has 0 aliphatic heterocycles. The van der Waals surface area contributed by atoms with Crippen LogP contribution >= 0.6 is 0 Å². The molecule has 0 amide bonds. The molecule has 16 heavy (non-hydrogen) atoms. The third kappa shape index (κ3) is 3.61. The molecule has 1 saturated carbocycles. The van der Waals surface area contributed by atoms with Gasteiger partial charge in [0.15, 0.2) is 5.60 Å². The number of halogens is 3. The van der Waals surface area contributed by atoms with Crippen LogP contribution < -0.4 is 5.73 Å². The third-order valence-corrected chi connectivity index (χ3v) is 2.93. The van der Waals surface area contributed by atoms with E-state index in [0.717, 1.165) is 19.8 Å². The second-order valence-electron chi connectivity index (χ2n) is 4.62. The molecule has 1 fully saturated rings. The fourth-order valence-corrected chi connectivity index (χ4v) is 1.62. The maximum Gasteiger partial charge on any atom is 0.419 e. The highest BCUT2D eigenvalue weighted by atomic mass is 19.4. The van der Waals surface area contributed by atoms with Gasteiger partial charge >= 0.3 is 6.18 Å². The number of nitrogens with two attached hydrogens (primary N) is 1. The second-order valence-corrected chi connectivity index (χ2v) is 4.62. The molecule has 1 rings (SSSR count). The number of rotatable bonds is 3. The molecule has 3 nitrogen and oxygen atoms in total. The van der Waals surface area contributed by atoms with E-state index in [1.807, 2.05) is 0 Å². The Morgan fingerprint density at radius 3 is 2.19 bits per heavy atom. The van der Waals surface area contributed by atoms with Crippen molar-refractivity contribution in [2.24, 2.45) is 5.73 Å². The van der Waals surface area contributed by atoms with Crippen LogP contribution in [-0.4, -0.2) is 35.6 Å². The van der Waals surface area contributed by atoms with Crippen molar-refractivity contribution in [3.05, 3.63) is 0 Å². The average molecular weight is 241 g/mol. The van der Waals surface area contributed by atoms with Crippen molar-refractivity contribution in [1.82, 2.24) is 0 Å². The standard InChI is InChI=1S/C10H18F3NO2/c1-9(15,10(11,12)13)6-16-8-4-2-7(14)3-5-8/h7-8,15H,2-6,14H2,1H3/t7-,8-,9?. The zero-order valence-electron chi connectivity index (χ0n) is 9.26. The van der Waals surface area contributed by atoms with Gasteiger partial charge in [0, 0.05) is 6.04 Å². The number of alkyl halides is 3. The van der Waals surface area contributed by atoms with Crippen LogP contribution in [0.1, 0.15) is 32.6 Å². The molecule has 0 aromatic carbocycles. The maximum atomic E-state index is 12.3. The summed E-state index contributed by atoms with van der Waals surface area (Å²) in [6.07, 6.45) is -2.02. The van der Waals surface area contributed by atoms with Crippen molar-refractivity contribution >= 4 is 0 Å². The number of ether oxygens (including phenoxy) is 1. The number of hydrogen-bond acceptors (Lipinski definition) is 3. The first-order valence-corrected chi connectivity index (χ1v) is 5.38. The molecule has 0 aromatic rings. The molecule has 96 valence electrons. The van der Waals surface area contributed by atoms with E-state index in [1.54, 1.807) is 0 Å². The molecular weight excluding hydrogens is 223 g/mol. The highest BCUT2D eigenvalue weighted by molar-refractivity contribution is 4.82. The molecule has 1 aliphatic carbocycles. The van der Waals surface area contributed by atoms with Crippen molar-refractivity contribution in [2.45, 2.75) is 56.5 Å². The van der Waals surface area contributed by atoms with E-state index in [-0.39, 0.29) is 12.1 Å². The minimum atomic E-state index is -4.65. The van der Waals surface area contributed by atoms with E-state index in [9.17, 15) is 13.2 Å². The van der Waals surface area contributed by atoms with Gasteiger partial charge in [0.25, 0.3) is 0 Å². The molecular formula is C10H18F3NO2. The Labute approximate surface area is 92.8 Å². The summed E-state index contributed by atoms with van der Waals surface area (Å²) in [5.41, 5.74) is 2.89. The second kappa shape index (κ2) is 4.89. The lowest BCUT2D eigenvalue weighted by Gasteiger charge is -2.31. The van der Waals surface area contributed by atoms with Crippen LogP contribution in [0.3, 0.4) is 0 Å². The number of aliphatic hydroxyl groups is 1. The first-order chi connectivity index (χ1) is 7.22. The zero-order chi connectivity index (χ0) is 12.4. The van der Waals surface area contributed by atoms with Crippen molar-refractivity contribution in [1.29, 1.82) is 0 Å². The zero-order valence-corrected chi connectivity index (χ0v) is 9.26. The fourth-order valence-electron chi connectivity index (χ4n) is 1.62. The Morgan fingerprint density at radius 2 is 1.75 bits per heavy atom. The quantitative estimate of drug-likeness (QED) is 0.788. The van der Waals surface area contributed by atoms with Gasteiger partial charge in [-0.3, -0.25) is 0 Å². The smallest absolute Gasteiger partial charge is 0.379 e. The van der Waals surface area contributed by atoms with Gasteiger partial charge in [0.05, 0.1) is 12.7 Å². The van der Waals surface area contributed by atoms with Crippen LogP contribution in [0.4, 0.5) is 13.2 Å². The highest BCUT2D eigenvalue weighted by Gasteiger charge is 2.50. The Hall–Kier alpha value is -0.330. The summed E-state index contributed by atoms with van der Waals surface area (Å²) in [5.74, 6) is 0. The largest absolute Gasteiger partial charge is 0.419 e.